The van der Waals surface area contributed by atoms with Gasteiger partial charge < -0.3 is 9.47 Å². The van der Waals surface area contributed by atoms with Gasteiger partial charge in [0.25, 0.3) is 0 Å². The van der Waals surface area contributed by atoms with E-state index in [1.165, 1.54) is 0 Å². The zero-order chi connectivity index (χ0) is 14.4. The van der Waals surface area contributed by atoms with Crippen LogP contribution in [0.1, 0.15) is 36.2 Å². The van der Waals surface area contributed by atoms with Crippen LogP contribution in [0.2, 0.25) is 0 Å². The first-order valence-corrected chi connectivity index (χ1v) is 7.29. The molecule has 4 nitrogen and oxygen atoms in total. The number of hydrogen-bond acceptors (Lipinski definition) is 5. The van der Waals surface area contributed by atoms with Crippen molar-refractivity contribution in [1.82, 2.24) is 4.98 Å². The normalized spacial score (nSPS) is 11.8. The van der Waals surface area contributed by atoms with Crippen molar-refractivity contribution in [2.75, 3.05) is 6.61 Å². The maximum atomic E-state index is 8.83. The lowest BCUT2D eigenvalue weighted by molar-refractivity contribution is 0.0760. The predicted molar refractivity (Wildman–Crippen MR) is 77.6 cm³/mol. The maximum absolute atomic E-state index is 8.83. The fraction of sp³-hybridized carbons (Fsp3) is 0.333. The lowest BCUT2D eigenvalue weighted by atomic mass is 10.2. The van der Waals surface area contributed by atoms with Crippen LogP contribution in [0.3, 0.4) is 0 Å². The molecular weight excluding hydrogens is 272 g/mol. The van der Waals surface area contributed by atoms with E-state index in [2.05, 4.69) is 11.1 Å². The Labute approximate surface area is 122 Å². The highest BCUT2D eigenvalue weighted by Gasteiger charge is 2.10. The molecule has 20 heavy (non-hydrogen) atoms. The Morgan fingerprint density at radius 3 is 3.05 bits per heavy atom. The molecule has 1 aromatic carbocycles. The average molecular weight is 288 g/mol. The molecule has 0 amide bonds. The third-order valence-electron chi connectivity index (χ3n) is 2.68. The van der Waals surface area contributed by atoms with Gasteiger partial charge in [-0.2, -0.15) is 5.26 Å². The van der Waals surface area contributed by atoms with E-state index >= 15 is 0 Å². The molecule has 0 N–H and O–H groups in total. The highest BCUT2D eigenvalue weighted by Crippen LogP contribution is 2.22. The van der Waals surface area contributed by atoms with E-state index in [0.29, 0.717) is 24.5 Å². The molecule has 0 aliphatic carbocycles. The number of thiazole rings is 1. The minimum atomic E-state index is 0.0145. The number of nitriles is 1. The summed E-state index contributed by atoms with van der Waals surface area (Å²) in [6.45, 7) is 5.03. The van der Waals surface area contributed by atoms with Crippen LogP contribution in [0.15, 0.2) is 29.6 Å². The summed E-state index contributed by atoms with van der Waals surface area (Å²) in [5.41, 5.74) is 1.46. The Hall–Kier alpha value is -1.90. The smallest absolute Gasteiger partial charge is 0.131 e. The number of hydrogen-bond donors (Lipinski definition) is 0. The molecule has 0 unspecified atom stereocenters. The Morgan fingerprint density at radius 1 is 1.45 bits per heavy atom. The fourth-order valence-corrected chi connectivity index (χ4v) is 2.52. The van der Waals surface area contributed by atoms with Crippen LogP contribution in [-0.2, 0) is 11.3 Å². The average Bonchev–Trinajstić information content (AvgIpc) is 2.94. The molecule has 1 aromatic heterocycles. The highest BCUT2D eigenvalue weighted by atomic mass is 32.1. The molecule has 1 heterocycles. The zero-order valence-corrected chi connectivity index (χ0v) is 12.3. The van der Waals surface area contributed by atoms with Crippen molar-refractivity contribution in [2.45, 2.75) is 26.6 Å². The molecule has 0 saturated carbocycles. The molecule has 0 bridgehead atoms. The molecule has 0 saturated heterocycles. The number of aromatic nitrogens is 1. The molecule has 2 rings (SSSR count). The molecular formula is C15H16N2O2S. The lowest BCUT2D eigenvalue weighted by Gasteiger charge is -2.07. The van der Waals surface area contributed by atoms with Gasteiger partial charge in [-0.3, -0.25) is 0 Å². The van der Waals surface area contributed by atoms with Crippen LogP contribution in [0.4, 0.5) is 0 Å². The van der Waals surface area contributed by atoms with Crippen LogP contribution in [0.25, 0.3) is 0 Å². The molecule has 104 valence electrons. The molecule has 2 aromatic rings. The van der Waals surface area contributed by atoms with Crippen molar-refractivity contribution >= 4 is 11.3 Å². The lowest BCUT2D eigenvalue weighted by Crippen LogP contribution is -2.00. The Balaban J connectivity index is 1.95. The van der Waals surface area contributed by atoms with Gasteiger partial charge >= 0.3 is 0 Å². The van der Waals surface area contributed by atoms with Gasteiger partial charge in [-0.15, -0.1) is 11.3 Å². The van der Waals surface area contributed by atoms with E-state index in [9.17, 15) is 0 Å². The van der Waals surface area contributed by atoms with Crippen LogP contribution < -0.4 is 4.74 Å². The van der Waals surface area contributed by atoms with Gasteiger partial charge in [0.05, 0.1) is 17.3 Å². The van der Waals surface area contributed by atoms with Gasteiger partial charge in [0.2, 0.25) is 0 Å². The van der Waals surface area contributed by atoms with Crippen molar-refractivity contribution in [1.29, 1.82) is 5.26 Å². The first-order chi connectivity index (χ1) is 9.72. The largest absolute Gasteiger partial charge is 0.487 e. The zero-order valence-electron chi connectivity index (χ0n) is 11.5. The topological polar surface area (TPSA) is 55.1 Å². The standard InChI is InChI=1S/C15H16N2O2S/c1-3-18-11(2)15-17-13(10-20-15)9-19-14-6-4-5-12(7-14)8-16/h4-7,10-11H,3,9H2,1-2H3/t11-/m0/s1. The van der Waals surface area contributed by atoms with Gasteiger partial charge in [-0.05, 0) is 32.0 Å². The summed E-state index contributed by atoms with van der Waals surface area (Å²) in [7, 11) is 0. The number of ether oxygens (including phenoxy) is 2. The van der Waals surface area contributed by atoms with E-state index in [-0.39, 0.29) is 6.10 Å². The minimum Gasteiger partial charge on any atom is -0.487 e. The summed E-state index contributed by atoms with van der Waals surface area (Å²) >= 11 is 1.57. The van der Waals surface area contributed by atoms with Crippen molar-refractivity contribution in [3.8, 4) is 11.8 Å². The highest BCUT2D eigenvalue weighted by molar-refractivity contribution is 7.09. The van der Waals surface area contributed by atoms with E-state index in [0.717, 1.165) is 10.7 Å². The molecule has 0 radical (unpaired) electrons. The second kappa shape index (κ2) is 7.04. The molecule has 0 aliphatic rings. The number of rotatable bonds is 6. The summed E-state index contributed by atoms with van der Waals surface area (Å²) in [5, 5.41) is 11.8. The van der Waals surface area contributed by atoms with E-state index in [1.54, 1.807) is 29.5 Å². The molecule has 0 aliphatic heterocycles. The molecule has 5 heteroatoms. The SMILES string of the molecule is CCO[C@@H](C)c1nc(COc2cccc(C#N)c2)cs1. The first-order valence-electron chi connectivity index (χ1n) is 6.41. The van der Waals surface area contributed by atoms with Crippen molar-refractivity contribution < 1.29 is 9.47 Å². The second-order valence-corrected chi connectivity index (χ2v) is 5.09. The summed E-state index contributed by atoms with van der Waals surface area (Å²) in [4.78, 5) is 4.49. The maximum Gasteiger partial charge on any atom is 0.131 e. The second-order valence-electron chi connectivity index (χ2n) is 4.20. The van der Waals surface area contributed by atoms with Gasteiger partial charge in [0.15, 0.2) is 0 Å². The Morgan fingerprint density at radius 2 is 2.30 bits per heavy atom. The summed E-state index contributed by atoms with van der Waals surface area (Å²) in [6.07, 6.45) is 0.0145. The van der Waals surface area contributed by atoms with Crippen LogP contribution in [0, 0.1) is 11.3 Å². The summed E-state index contributed by atoms with van der Waals surface area (Å²) in [6, 6.07) is 9.19. The van der Waals surface area contributed by atoms with Crippen molar-refractivity contribution in [3.63, 3.8) is 0 Å². The fourth-order valence-electron chi connectivity index (χ4n) is 1.71. The summed E-state index contributed by atoms with van der Waals surface area (Å²) < 4.78 is 11.1. The van der Waals surface area contributed by atoms with Gasteiger partial charge in [-0.25, -0.2) is 4.98 Å². The quantitative estimate of drug-likeness (QED) is 0.813. The monoisotopic (exact) mass is 288 g/mol. The van der Waals surface area contributed by atoms with Crippen LogP contribution >= 0.6 is 11.3 Å². The molecule has 0 spiro atoms. The van der Waals surface area contributed by atoms with Gasteiger partial charge in [0, 0.05) is 12.0 Å². The number of benzene rings is 1. The third-order valence-corrected chi connectivity index (χ3v) is 3.74. The van der Waals surface area contributed by atoms with Gasteiger partial charge in [-0.1, -0.05) is 6.07 Å². The van der Waals surface area contributed by atoms with Gasteiger partial charge in [0.1, 0.15) is 23.5 Å². The van der Waals surface area contributed by atoms with Crippen LogP contribution in [-0.4, -0.2) is 11.6 Å². The predicted octanol–water partition coefficient (Wildman–Crippen LogP) is 3.69. The number of nitrogens with zero attached hydrogens (tertiary/aromatic N) is 2. The van der Waals surface area contributed by atoms with E-state index in [4.69, 9.17) is 14.7 Å². The van der Waals surface area contributed by atoms with E-state index in [1.807, 2.05) is 25.3 Å². The third kappa shape index (κ3) is 3.80. The van der Waals surface area contributed by atoms with E-state index < -0.39 is 0 Å². The van der Waals surface area contributed by atoms with Crippen molar-refractivity contribution in [2.24, 2.45) is 0 Å². The Kier molecular flexibility index (Phi) is 5.10. The molecule has 0 fully saturated rings. The minimum absolute atomic E-state index is 0.0145. The van der Waals surface area contributed by atoms with Crippen LogP contribution in [0.5, 0.6) is 5.75 Å². The summed E-state index contributed by atoms with van der Waals surface area (Å²) in [5.74, 6) is 0.677. The Bertz CT molecular complexity index is 604. The van der Waals surface area contributed by atoms with Crippen molar-refractivity contribution in [3.05, 3.63) is 45.9 Å². The molecule has 1 atom stereocenters. The first kappa shape index (κ1) is 14.5.